The second-order valence-electron chi connectivity index (χ2n) is 7.41. The number of fused-ring (bicyclic) bond motifs is 1. The molecule has 0 aromatic heterocycles. The van der Waals surface area contributed by atoms with Crippen molar-refractivity contribution in [1.29, 1.82) is 0 Å². The topological polar surface area (TPSA) is 60.9 Å². The van der Waals surface area contributed by atoms with Crippen molar-refractivity contribution in [1.82, 2.24) is 0 Å². The highest BCUT2D eigenvalue weighted by Crippen LogP contribution is 2.43. The summed E-state index contributed by atoms with van der Waals surface area (Å²) in [7, 11) is -4.35. The van der Waals surface area contributed by atoms with Gasteiger partial charge in [0, 0.05) is 6.54 Å². The lowest BCUT2D eigenvalue weighted by atomic mass is 10.1. The summed E-state index contributed by atoms with van der Waals surface area (Å²) in [5.74, 6) is 0. The SMILES string of the molecule is CCCCCCCCC1N(Cc2ccccc2)c2ccccc2N1S(=O)(=O)O. The number of nitrogens with zero attached hydrogens (tertiary/aromatic N) is 2. The molecule has 1 unspecified atom stereocenters. The van der Waals surface area contributed by atoms with Gasteiger partial charge in [-0.3, -0.25) is 4.55 Å². The van der Waals surface area contributed by atoms with E-state index in [1.165, 1.54) is 23.6 Å². The molecule has 5 nitrogen and oxygen atoms in total. The lowest BCUT2D eigenvalue weighted by molar-refractivity contribution is 0.457. The molecule has 28 heavy (non-hydrogen) atoms. The van der Waals surface area contributed by atoms with Crippen LogP contribution in [0, 0.1) is 0 Å². The van der Waals surface area contributed by atoms with Crippen molar-refractivity contribution in [3.63, 3.8) is 0 Å². The average molecular weight is 403 g/mol. The van der Waals surface area contributed by atoms with Gasteiger partial charge in [-0.2, -0.15) is 8.42 Å². The van der Waals surface area contributed by atoms with Crippen LogP contribution < -0.4 is 9.21 Å². The molecule has 0 radical (unpaired) electrons. The van der Waals surface area contributed by atoms with Crippen LogP contribution in [0.2, 0.25) is 0 Å². The van der Waals surface area contributed by atoms with Crippen molar-refractivity contribution in [2.24, 2.45) is 0 Å². The van der Waals surface area contributed by atoms with E-state index in [2.05, 4.69) is 11.8 Å². The van der Waals surface area contributed by atoms with Gasteiger partial charge in [0.05, 0.1) is 11.4 Å². The average Bonchev–Trinajstić information content (AvgIpc) is 2.99. The quantitative estimate of drug-likeness (QED) is 0.427. The molecule has 0 saturated carbocycles. The summed E-state index contributed by atoms with van der Waals surface area (Å²) in [6.45, 7) is 2.80. The van der Waals surface area contributed by atoms with Crippen LogP contribution in [0.1, 0.15) is 57.4 Å². The summed E-state index contributed by atoms with van der Waals surface area (Å²) in [6, 6.07) is 17.4. The number of hydrogen-bond donors (Lipinski definition) is 1. The normalized spacial score (nSPS) is 16.4. The van der Waals surface area contributed by atoms with Crippen LogP contribution in [-0.4, -0.2) is 19.1 Å². The van der Waals surface area contributed by atoms with E-state index in [9.17, 15) is 13.0 Å². The maximum Gasteiger partial charge on any atom is 0.361 e. The van der Waals surface area contributed by atoms with Crippen molar-refractivity contribution in [2.45, 2.75) is 64.6 Å². The van der Waals surface area contributed by atoms with Gasteiger partial charge in [-0.15, -0.1) is 0 Å². The number of rotatable bonds is 10. The van der Waals surface area contributed by atoms with Crippen molar-refractivity contribution in [3.8, 4) is 0 Å². The lowest BCUT2D eigenvalue weighted by Gasteiger charge is -2.31. The number of unbranched alkanes of at least 4 members (excludes halogenated alkanes) is 5. The van der Waals surface area contributed by atoms with E-state index in [4.69, 9.17) is 0 Å². The molecule has 2 aromatic rings. The highest BCUT2D eigenvalue weighted by molar-refractivity contribution is 7.87. The summed E-state index contributed by atoms with van der Waals surface area (Å²) in [5.41, 5.74) is 2.51. The van der Waals surface area contributed by atoms with E-state index in [0.717, 1.165) is 30.5 Å². The van der Waals surface area contributed by atoms with Gasteiger partial charge < -0.3 is 4.90 Å². The van der Waals surface area contributed by atoms with E-state index in [-0.39, 0.29) is 0 Å². The van der Waals surface area contributed by atoms with Gasteiger partial charge >= 0.3 is 10.3 Å². The van der Waals surface area contributed by atoms with Gasteiger partial charge in [-0.05, 0) is 30.5 Å². The number of hydrogen-bond acceptors (Lipinski definition) is 3. The maximum atomic E-state index is 12.2. The molecule has 0 saturated heterocycles. The predicted molar refractivity (Wildman–Crippen MR) is 115 cm³/mol. The van der Waals surface area contributed by atoms with Gasteiger partial charge in [0.25, 0.3) is 0 Å². The summed E-state index contributed by atoms with van der Waals surface area (Å²) in [5, 5.41) is 0. The van der Waals surface area contributed by atoms with Gasteiger partial charge in [0.2, 0.25) is 0 Å². The first-order chi connectivity index (χ1) is 13.5. The smallest absolute Gasteiger partial charge is 0.344 e. The molecule has 1 heterocycles. The molecular weight excluding hydrogens is 372 g/mol. The van der Waals surface area contributed by atoms with Crippen LogP contribution in [0.25, 0.3) is 0 Å². The van der Waals surface area contributed by atoms with Gasteiger partial charge in [-0.25, -0.2) is 4.31 Å². The van der Waals surface area contributed by atoms with Crippen molar-refractivity contribution < 1.29 is 13.0 Å². The minimum Gasteiger partial charge on any atom is -0.344 e. The molecule has 152 valence electrons. The Bertz CT molecular complexity index is 855. The first kappa shape index (κ1) is 20.7. The Kier molecular flexibility index (Phi) is 6.97. The first-order valence-electron chi connectivity index (χ1n) is 10.2. The zero-order valence-electron chi connectivity index (χ0n) is 16.5. The minimum atomic E-state index is -4.35. The molecule has 6 heteroatoms. The van der Waals surface area contributed by atoms with E-state index in [1.807, 2.05) is 48.5 Å². The fourth-order valence-corrected chi connectivity index (χ4v) is 4.90. The molecule has 0 amide bonds. The molecule has 0 bridgehead atoms. The molecule has 0 spiro atoms. The molecule has 1 N–H and O–H groups in total. The van der Waals surface area contributed by atoms with Crippen LogP contribution >= 0.6 is 0 Å². The van der Waals surface area contributed by atoms with Crippen LogP contribution in [0.3, 0.4) is 0 Å². The van der Waals surface area contributed by atoms with Crippen molar-refractivity contribution in [2.75, 3.05) is 9.21 Å². The third kappa shape index (κ3) is 4.86. The van der Waals surface area contributed by atoms with Crippen LogP contribution in [-0.2, 0) is 16.8 Å². The largest absolute Gasteiger partial charge is 0.361 e. The summed E-state index contributed by atoms with van der Waals surface area (Å²) < 4.78 is 35.6. The van der Waals surface area contributed by atoms with Crippen molar-refractivity contribution in [3.05, 3.63) is 60.2 Å². The van der Waals surface area contributed by atoms with Crippen molar-refractivity contribution >= 4 is 21.7 Å². The predicted octanol–water partition coefficient (Wildman–Crippen LogP) is 5.39. The van der Waals surface area contributed by atoms with E-state index in [0.29, 0.717) is 18.7 Å². The zero-order chi connectivity index (χ0) is 20.0. The third-order valence-corrected chi connectivity index (χ3v) is 6.26. The second-order valence-corrected chi connectivity index (χ2v) is 8.70. The fraction of sp³-hybridized carbons (Fsp3) is 0.455. The zero-order valence-corrected chi connectivity index (χ0v) is 17.3. The Morgan fingerprint density at radius 1 is 0.857 bits per heavy atom. The Hall–Kier alpha value is -2.05. The summed E-state index contributed by atoms with van der Waals surface area (Å²) >= 11 is 0. The molecule has 1 aliphatic heterocycles. The Balaban J connectivity index is 1.83. The van der Waals surface area contributed by atoms with Gasteiger partial charge in [0.15, 0.2) is 0 Å². The van der Waals surface area contributed by atoms with Gasteiger partial charge in [-0.1, -0.05) is 81.5 Å². The summed E-state index contributed by atoms with van der Waals surface area (Å²) in [4.78, 5) is 2.10. The molecule has 1 aliphatic rings. The molecule has 1 atom stereocenters. The molecule has 2 aromatic carbocycles. The number of benzene rings is 2. The molecular formula is C22H30N2O3S. The molecule has 0 fully saturated rings. The van der Waals surface area contributed by atoms with Crippen LogP contribution in [0.15, 0.2) is 54.6 Å². The Labute approximate surface area is 168 Å². The van der Waals surface area contributed by atoms with E-state index >= 15 is 0 Å². The number of anilines is 2. The highest BCUT2D eigenvalue weighted by atomic mass is 32.2. The lowest BCUT2D eigenvalue weighted by Crippen LogP contribution is -2.45. The number of para-hydroxylation sites is 2. The molecule has 0 aliphatic carbocycles. The maximum absolute atomic E-state index is 12.2. The standard InChI is InChI=1S/C22H30N2O3S/c1-2-3-4-5-6-10-17-22-23(18-19-13-8-7-9-14-19)20-15-11-12-16-21(20)24(22)28(25,26)27/h7-9,11-16,22H,2-6,10,17-18H2,1H3,(H,25,26,27). The third-order valence-electron chi connectivity index (χ3n) is 5.32. The highest BCUT2D eigenvalue weighted by Gasteiger charge is 2.41. The summed E-state index contributed by atoms with van der Waals surface area (Å²) in [6.07, 6.45) is 7.12. The van der Waals surface area contributed by atoms with Crippen LogP contribution in [0.5, 0.6) is 0 Å². The van der Waals surface area contributed by atoms with E-state index in [1.54, 1.807) is 6.07 Å². The fourth-order valence-electron chi connectivity index (χ4n) is 3.97. The Morgan fingerprint density at radius 2 is 1.46 bits per heavy atom. The first-order valence-corrected chi connectivity index (χ1v) is 11.6. The second kappa shape index (κ2) is 9.43. The Morgan fingerprint density at radius 3 is 2.14 bits per heavy atom. The molecule has 3 rings (SSSR count). The van der Waals surface area contributed by atoms with E-state index < -0.39 is 16.5 Å². The minimum absolute atomic E-state index is 0.404. The van der Waals surface area contributed by atoms with Crippen LogP contribution in [0.4, 0.5) is 11.4 Å². The van der Waals surface area contributed by atoms with Gasteiger partial charge in [0.1, 0.15) is 6.17 Å². The monoisotopic (exact) mass is 402 g/mol.